The number of nitrogens with zero attached hydrogens (tertiary/aromatic N) is 2. The number of halogens is 4. The van der Waals surface area contributed by atoms with Crippen LogP contribution in [0.2, 0.25) is 0 Å². The molecular formula is C60H56Br2I2N4O8. The smallest absolute Gasteiger partial charge is 0.394 e. The van der Waals surface area contributed by atoms with E-state index in [-0.39, 0.29) is 38.0 Å². The molecule has 0 aliphatic rings. The van der Waals surface area contributed by atoms with Crippen molar-refractivity contribution in [3.8, 4) is 11.1 Å². The van der Waals surface area contributed by atoms with Gasteiger partial charge in [-0.05, 0) is 151 Å². The summed E-state index contributed by atoms with van der Waals surface area (Å²) in [7, 11) is 0. The minimum absolute atomic E-state index is 0.0809. The number of hydrogen-bond acceptors (Lipinski definition) is 6. The quantitative estimate of drug-likeness (QED) is 0.0331. The molecule has 0 saturated heterocycles. The topological polar surface area (TPSA) is 173 Å². The number of carboxylic acid groups (broad SMARTS) is 2. The van der Waals surface area contributed by atoms with Crippen LogP contribution in [0.1, 0.15) is 85.8 Å². The van der Waals surface area contributed by atoms with Gasteiger partial charge in [0.1, 0.15) is 0 Å². The second-order valence-corrected chi connectivity index (χ2v) is 21.8. The van der Waals surface area contributed by atoms with E-state index in [1.165, 1.54) is 34.6 Å². The van der Waals surface area contributed by atoms with Gasteiger partial charge in [0.05, 0.1) is 0 Å². The summed E-state index contributed by atoms with van der Waals surface area (Å²) in [6.45, 7) is 3.59. The van der Waals surface area contributed by atoms with Gasteiger partial charge in [-0.3, -0.25) is 19.2 Å². The molecule has 4 amide bonds. The van der Waals surface area contributed by atoms with E-state index >= 15 is 0 Å². The van der Waals surface area contributed by atoms with Crippen LogP contribution in [-0.4, -0.2) is 62.1 Å². The van der Waals surface area contributed by atoms with Crippen LogP contribution in [0.15, 0.2) is 173 Å². The van der Waals surface area contributed by atoms with Crippen molar-refractivity contribution in [2.75, 3.05) is 6.54 Å². The van der Waals surface area contributed by atoms with Crippen molar-refractivity contribution in [1.82, 2.24) is 20.4 Å². The van der Waals surface area contributed by atoms with E-state index in [2.05, 4.69) is 143 Å². The molecule has 0 heterocycles. The molecule has 4 N–H and O–H groups in total. The molecule has 16 heteroatoms. The normalized spacial score (nSPS) is 10.6. The number of benzene rings is 7. The molecule has 12 nitrogen and oxygen atoms in total. The Bertz CT molecular complexity index is 3140. The number of carbonyl (C=O) groups excluding carboxylic acids is 4. The van der Waals surface area contributed by atoms with Crippen LogP contribution in [0.4, 0.5) is 0 Å². The third kappa shape index (κ3) is 17.9. The number of carboxylic acids is 2. The first-order valence-electron chi connectivity index (χ1n) is 24.5. The Morgan fingerprint density at radius 1 is 0.474 bits per heavy atom. The first-order chi connectivity index (χ1) is 36.6. The Morgan fingerprint density at radius 3 is 1.37 bits per heavy atom. The summed E-state index contributed by atoms with van der Waals surface area (Å²) in [5, 5.41) is 24.6. The van der Waals surface area contributed by atoms with Crippen LogP contribution < -0.4 is 10.6 Å². The first kappa shape index (κ1) is 59.0. The minimum atomic E-state index is -1.51. The molecule has 7 rings (SSSR count). The predicted octanol–water partition coefficient (Wildman–Crippen LogP) is 12.6. The van der Waals surface area contributed by atoms with E-state index in [1.807, 2.05) is 78.9 Å². The molecule has 76 heavy (non-hydrogen) atoms. The van der Waals surface area contributed by atoms with Crippen LogP contribution >= 0.6 is 77.0 Å². The average Bonchev–Trinajstić information content (AvgIpc) is 3.42. The van der Waals surface area contributed by atoms with Gasteiger partial charge in [0.15, 0.2) is 0 Å². The lowest BCUT2D eigenvalue weighted by Gasteiger charge is -2.22. The molecule has 392 valence electrons. The fourth-order valence-corrected chi connectivity index (χ4v) is 10.1. The fourth-order valence-electron chi connectivity index (χ4n) is 7.98. The van der Waals surface area contributed by atoms with Crippen molar-refractivity contribution in [2.45, 2.75) is 71.8 Å². The number of rotatable bonds is 20. The van der Waals surface area contributed by atoms with Gasteiger partial charge in [0.2, 0.25) is 0 Å². The highest BCUT2D eigenvalue weighted by Crippen LogP contribution is 2.26. The Labute approximate surface area is 487 Å². The Kier molecular flexibility index (Phi) is 23.2. The lowest BCUT2D eigenvalue weighted by Crippen LogP contribution is -2.35. The van der Waals surface area contributed by atoms with Crippen LogP contribution in [-0.2, 0) is 64.7 Å². The molecule has 0 aliphatic heterocycles. The molecule has 0 aliphatic carbocycles. The van der Waals surface area contributed by atoms with E-state index < -0.39 is 23.8 Å². The maximum atomic E-state index is 12.8. The highest BCUT2D eigenvalue weighted by Gasteiger charge is 2.25. The van der Waals surface area contributed by atoms with E-state index in [9.17, 15) is 39.0 Å². The molecule has 0 atom stereocenters. The van der Waals surface area contributed by atoms with Crippen molar-refractivity contribution in [1.29, 1.82) is 0 Å². The Hall–Kier alpha value is -6.22. The highest BCUT2D eigenvalue weighted by atomic mass is 127. The van der Waals surface area contributed by atoms with E-state index in [0.29, 0.717) is 50.7 Å². The van der Waals surface area contributed by atoms with E-state index in [1.54, 1.807) is 36.4 Å². The molecule has 7 aromatic rings. The van der Waals surface area contributed by atoms with Crippen LogP contribution in [0, 0.1) is 7.14 Å². The lowest BCUT2D eigenvalue weighted by molar-refractivity contribution is -0.156. The Morgan fingerprint density at radius 2 is 0.895 bits per heavy atom. The third-order valence-electron chi connectivity index (χ3n) is 12.2. The van der Waals surface area contributed by atoms with Gasteiger partial charge in [-0.25, -0.2) is 9.59 Å². The largest absolute Gasteiger partial charge is 0.474 e. The maximum Gasteiger partial charge on any atom is 0.394 e. The zero-order valence-electron chi connectivity index (χ0n) is 41.6. The molecule has 0 bridgehead atoms. The van der Waals surface area contributed by atoms with Crippen molar-refractivity contribution in [3.05, 3.63) is 230 Å². The number of nitrogens with one attached hydrogen (secondary N) is 2. The Balaban J connectivity index is 0.000000247. The summed E-state index contributed by atoms with van der Waals surface area (Å²) < 4.78 is 3.14. The van der Waals surface area contributed by atoms with Crippen LogP contribution in [0.5, 0.6) is 0 Å². The third-order valence-corrected chi connectivity index (χ3v) is 15.8. The second kappa shape index (κ2) is 29.9. The molecule has 0 saturated carbocycles. The first-order valence-corrected chi connectivity index (χ1v) is 28.2. The zero-order chi connectivity index (χ0) is 54.6. The van der Waals surface area contributed by atoms with Crippen LogP contribution in [0.3, 0.4) is 0 Å². The number of carbonyl (C=O) groups is 6. The highest BCUT2D eigenvalue weighted by molar-refractivity contribution is 14.1. The second-order valence-electron chi connectivity index (χ2n) is 17.8. The van der Waals surface area contributed by atoms with E-state index in [4.69, 9.17) is 0 Å². The standard InChI is InChI=1S/C31H26BrIN2O4.C29H30BrIN2O4/c32-27-18-24(29(36)34-17-16-21-10-12-23(13-11-21)22-6-2-1-3-7-22)14-15-25(27)19-35(30(37)31(38)39)20-26-8-4-5-9-28(26)33;1-2-3-4-7-20-10-12-21(13-11-20)17-32-27(34)22-14-15-23(25(30)16-22)18-33(28(35)29(36)37)19-24-8-5-6-9-26(24)31/h1-15,18H,16-17,19-20H2,(H,34,36)(H,38,39);5-6,8-16H,2-4,7,17-19H2,1H3,(H,32,34)(H,36,37). The molecule has 0 unspecified atom stereocenters. The summed E-state index contributed by atoms with van der Waals surface area (Å²) >= 11 is 11.3. The summed E-state index contributed by atoms with van der Waals surface area (Å²) in [6.07, 6.45) is 5.39. The molecule has 0 spiro atoms. The fraction of sp³-hybridized carbons (Fsp3) is 0.200. The number of hydrogen-bond donors (Lipinski definition) is 4. The monoisotopic (exact) mass is 1370 g/mol. The molecular weight excluding hydrogens is 1320 g/mol. The van der Waals surface area contributed by atoms with Gasteiger partial charge in [-0.15, -0.1) is 0 Å². The summed E-state index contributed by atoms with van der Waals surface area (Å²) in [5.41, 5.74) is 9.84. The van der Waals surface area contributed by atoms with Gasteiger partial charge in [0, 0.05) is 66.5 Å². The predicted molar refractivity (Wildman–Crippen MR) is 319 cm³/mol. The number of amides is 4. The van der Waals surface area contributed by atoms with E-state index in [0.717, 1.165) is 46.9 Å². The molecule has 0 aromatic heterocycles. The van der Waals surface area contributed by atoms with Gasteiger partial charge in [-0.1, -0.05) is 179 Å². The van der Waals surface area contributed by atoms with Gasteiger partial charge >= 0.3 is 23.8 Å². The van der Waals surface area contributed by atoms with Crippen molar-refractivity contribution in [3.63, 3.8) is 0 Å². The van der Waals surface area contributed by atoms with Gasteiger partial charge in [-0.2, -0.15) is 0 Å². The summed E-state index contributed by atoms with van der Waals surface area (Å²) in [5.74, 6) is -5.41. The van der Waals surface area contributed by atoms with Crippen molar-refractivity contribution in [2.24, 2.45) is 0 Å². The minimum Gasteiger partial charge on any atom is -0.474 e. The SMILES string of the molecule is CCCCCc1ccc(CNC(=O)c2ccc(CN(Cc3ccccc3I)C(=O)C(=O)O)c(Br)c2)cc1.O=C(O)C(=O)N(Cc1ccc(C(=O)NCCc2ccc(-c3ccccc3)cc2)cc1Br)Cc1ccccc1I. The molecule has 0 fully saturated rings. The summed E-state index contributed by atoms with van der Waals surface area (Å²) in [4.78, 5) is 75.8. The molecule has 7 aromatic carbocycles. The zero-order valence-corrected chi connectivity index (χ0v) is 49.1. The maximum absolute atomic E-state index is 12.8. The van der Waals surface area contributed by atoms with Gasteiger partial charge < -0.3 is 30.6 Å². The number of unbranched alkanes of at least 4 members (excludes halogenated alkanes) is 2. The van der Waals surface area contributed by atoms with Crippen molar-refractivity contribution >= 4 is 113 Å². The number of aliphatic carboxylic acids is 2. The average molecular weight is 1370 g/mol. The van der Waals surface area contributed by atoms with Gasteiger partial charge in [0.25, 0.3) is 11.8 Å². The van der Waals surface area contributed by atoms with Crippen molar-refractivity contribution < 1.29 is 39.0 Å². The molecule has 0 radical (unpaired) electrons. The number of aryl methyl sites for hydroxylation is 1. The lowest BCUT2D eigenvalue weighted by atomic mass is 10.0. The van der Waals surface area contributed by atoms with Crippen LogP contribution in [0.25, 0.3) is 11.1 Å². The summed E-state index contributed by atoms with van der Waals surface area (Å²) in [6, 6.07) is 52.0.